The second-order valence-electron chi connectivity index (χ2n) is 6.48. The predicted molar refractivity (Wildman–Crippen MR) is 98.8 cm³/mol. The smallest absolute Gasteiger partial charge is 0.229 e. The molecule has 0 aliphatic carbocycles. The lowest BCUT2D eigenvalue weighted by molar-refractivity contribution is 0.866. The molecule has 2 aliphatic heterocycles. The molecular weight excluding hydrogens is 298 g/mol. The Balaban J connectivity index is 1.61. The van der Waals surface area contributed by atoms with E-state index in [2.05, 4.69) is 53.3 Å². The van der Waals surface area contributed by atoms with Crippen LogP contribution in [-0.4, -0.2) is 23.1 Å². The largest absolute Gasteiger partial charge is 0.384 e. The lowest BCUT2D eigenvalue weighted by Crippen LogP contribution is -2.17. The van der Waals surface area contributed by atoms with Crippen molar-refractivity contribution in [3.05, 3.63) is 42.1 Å². The molecule has 5 nitrogen and oxygen atoms in total. The van der Waals surface area contributed by atoms with Crippen molar-refractivity contribution in [2.45, 2.75) is 39.0 Å². The maximum atomic E-state index is 4.74. The summed E-state index contributed by atoms with van der Waals surface area (Å²) in [6.45, 7) is 6.49. The normalized spacial score (nSPS) is 16.1. The van der Waals surface area contributed by atoms with E-state index < -0.39 is 0 Å². The summed E-state index contributed by atoms with van der Waals surface area (Å²) in [4.78, 5) is 11.7. The van der Waals surface area contributed by atoms with Gasteiger partial charge in [-0.15, -0.1) is 0 Å². The third-order valence-electron chi connectivity index (χ3n) is 4.59. The Morgan fingerprint density at radius 1 is 1.25 bits per heavy atom. The summed E-state index contributed by atoms with van der Waals surface area (Å²) in [5.74, 6) is 1.70. The number of nitrogens with zero attached hydrogens (tertiary/aromatic N) is 3. The molecule has 1 fully saturated rings. The Bertz CT molecular complexity index is 722. The molecule has 0 amide bonds. The molecule has 0 unspecified atom stereocenters. The molecule has 2 N–H and O–H groups in total. The first-order valence-electron chi connectivity index (χ1n) is 8.93. The van der Waals surface area contributed by atoms with Crippen molar-refractivity contribution in [3.8, 4) is 0 Å². The summed E-state index contributed by atoms with van der Waals surface area (Å²) in [5.41, 5.74) is 4.74. The number of aryl methyl sites for hydroxylation is 1. The number of aromatic nitrogens is 2. The molecule has 4 rings (SSSR count). The van der Waals surface area contributed by atoms with Crippen molar-refractivity contribution >= 4 is 23.1 Å². The van der Waals surface area contributed by atoms with Crippen LogP contribution >= 0.6 is 0 Å². The summed E-state index contributed by atoms with van der Waals surface area (Å²) < 4.78 is 0. The SMILES string of the molecule is CCCc1cc(N2[CH]CCC2)nc(Nc2ccc3c(c2)NCC3)n1. The van der Waals surface area contributed by atoms with E-state index in [1.807, 2.05) is 0 Å². The quantitative estimate of drug-likeness (QED) is 0.874. The first kappa shape index (κ1) is 15.2. The van der Waals surface area contributed by atoms with Gasteiger partial charge in [0.15, 0.2) is 0 Å². The molecule has 1 aromatic carbocycles. The average Bonchev–Trinajstić information content (AvgIpc) is 3.26. The number of fused-ring (bicyclic) bond motifs is 1. The molecule has 0 atom stereocenters. The highest BCUT2D eigenvalue weighted by Gasteiger charge is 2.17. The van der Waals surface area contributed by atoms with E-state index in [4.69, 9.17) is 9.97 Å². The molecule has 1 saturated heterocycles. The molecule has 24 heavy (non-hydrogen) atoms. The minimum Gasteiger partial charge on any atom is -0.384 e. The summed E-state index contributed by atoms with van der Waals surface area (Å²) >= 11 is 0. The Morgan fingerprint density at radius 2 is 2.21 bits per heavy atom. The van der Waals surface area contributed by atoms with E-state index in [1.165, 1.54) is 17.7 Å². The van der Waals surface area contributed by atoms with Crippen LogP contribution in [-0.2, 0) is 12.8 Å². The molecule has 2 aromatic rings. The Morgan fingerprint density at radius 3 is 3.04 bits per heavy atom. The predicted octanol–water partition coefficient (Wildman–Crippen LogP) is 3.90. The number of hydrogen-bond acceptors (Lipinski definition) is 5. The van der Waals surface area contributed by atoms with E-state index in [0.29, 0.717) is 5.95 Å². The number of hydrogen-bond donors (Lipinski definition) is 2. The highest BCUT2D eigenvalue weighted by Crippen LogP contribution is 2.28. The van der Waals surface area contributed by atoms with Crippen LogP contribution in [0, 0.1) is 6.54 Å². The van der Waals surface area contributed by atoms with Gasteiger partial charge in [0.05, 0.1) is 6.54 Å². The highest BCUT2D eigenvalue weighted by molar-refractivity contribution is 5.67. The third-order valence-corrected chi connectivity index (χ3v) is 4.59. The van der Waals surface area contributed by atoms with Crippen LogP contribution in [0.5, 0.6) is 0 Å². The summed E-state index contributed by atoms with van der Waals surface area (Å²) in [7, 11) is 0. The van der Waals surface area contributed by atoms with Crippen LogP contribution in [0.3, 0.4) is 0 Å². The number of benzene rings is 1. The van der Waals surface area contributed by atoms with Crippen LogP contribution in [0.15, 0.2) is 24.3 Å². The van der Waals surface area contributed by atoms with E-state index in [0.717, 1.165) is 56.0 Å². The molecule has 0 bridgehead atoms. The lowest BCUT2D eigenvalue weighted by atomic mass is 10.1. The summed E-state index contributed by atoms with van der Waals surface area (Å²) in [5, 5.41) is 6.81. The van der Waals surface area contributed by atoms with Crippen LogP contribution < -0.4 is 15.5 Å². The van der Waals surface area contributed by atoms with Crippen LogP contribution in [0.2, 0.25) is 0 Å². The van der Waals surface area contributed by atoms with Gasteiger partial charge in [0, 0.05) is 36.2 Å². The van der Waals surface area contributed by atoms with Gasteiger partial charge in [-0.25, -0.2) is 4.98 Å². The van der Waals surface area contributed by atoms with Crippen molar-refractivity contribution in [3.63, 3.8) is 0 Å². The Kier molecular flexibility index (Phi) is 4.24. The Hall–Kier alpha value is -2.30. The third kappa shape index (κ3) is 3.16. The second kappa shape index (κ2) is 6.67. The van der Waals surface area contributed by atoms with Gasteiger partial charge in [0.25, 0.3) is 0 Å². The zero-order chi connectivity index (χ0) is 16.4. The van der Waals surface area contributed by atoms with Gasteiger partial charge in [0.2, 0.25) is 5.95 Å². The molecule has 5 heteroatoms. The van der Waals surface area contributed by atoms with E-state index in [9.17, 15) is 0 Å². The van der Waals surface area contributed by atoms with Crippen LogP contribution in [0.4, 0.5) is 23.1 Å². The zero-order valence-corrected chi connectivity index (χ0v) is 14.2. The number of rotatable bonds is 5. The standard InChI is InChI=1S/C19H24N5/c1-2-5-15-13-18(24-10-3-4-11-24)23-19(21-15)22-16-7-6-14-8-9-20-17(14)12-16/h6-7,10,12-13,20H,2-5,8-9,11H2,1H3,(H,21,22,23). The molecule has 3 heterocycles. The fraction of sp³-hybridized carbons (Fsp3) is 0.421. The molecule has 1 aromatic heterocycles. The number of nitrogens with one attached hydrogen (secondary N) is 2. The van der Waals surface area contributed by atoms with E-state index in [1.54, 1.807) is 0 Å². The van der Waals surface area contributed by atoms with Crippen molar-refractivity contribution in [1.29, 1.82) is 0 Å². The van der Waals surface area contributed by atoms with Gasteiger partial charge in [-0.05, 0) is 43.4 Å². The second-order valence-corrected chi connectivity index (χ2v) is 6.48. The van der Waals surface area contributed by atoms with Crippen molar-refractivity contribution in [1.82, 2.24) is 9.97 Å². The minimum absolute atomic E-state index is 0.689. The molecule has 2 aliphatic rings. The monoisotopic (exact) mass is 322 g/mol. The first-order valence-corrected chi connectivity index (χ1v) is 8.93. The fourth-order valence-corrected chi connectivity index (χ4v) is 3.38. The molecule has 1 radical (unpaired) electrons. The minimum atomic E-state index is 0.689. The van der Waals surface area contributed by atoms with E-state index in [-0.39, 0.29) is 0 Å². The molecule has 125 valence electrons. The Labute approximate surface area is 143 Å². The van der Waals surface area contributed by atoms with Gasteiger partial charge in [-0.2, -0.15) is 4.98 Å². The van der Waals surface area contributed by atoms with Crippen molar-refractivity contribution < 1.29 is 0 Å². The van der Waals surface area contributed by atoms with Crippen molar-refractivity contribution in [2.75, 3.05) is 28.6 Å². The zero-order valence-electron chi connectivity index (χ0n) is 14.2. The maximum absolute atomic E-state index is 4.74. The maximum Gasteiger partial charge on any atom is 0.229 e. The lowest BCUT2D eigenvalue weighted by Gasteiger charge is -2.18. The topological polar surface area (TPSA) is 53.1 Å². The van der Waals surface area contributed by atoms with Crippen LogP contribution in [0.25, 0.3) is 0 Å². The molecule has 0 spiro atoms. The average molecular weight is 322 g/mol. The van der Waals surface area contributed by atoms with Crippen LogP contribution in [0.1, 0.15) is 37.4 Å². The van der Waals surface area contributed by atoms with Gasteiger partial charge < -0.3 is 15.5 Å². The fourth-order valence-electron chi connectivity index (χ4n) is 3.38. The van der Waals surface area contributed by atoms with Gasteiger partial charge in [-0.3, -0.25) is 0 Å². The molecular formula is C19H24N5. The number of anilines is 4. The van der Waals surface area contributed by atoms with Gasteiger partial charge in [0.1, 0.15) is 5.82 Å². The van der Waals surface area contributed by atoms with Crippen molar-refractivity contribution in [2.24, 2.45) is 0 Å². The highest BCUT2D eigenvalue weighted by atomic mass is 15.2. The van der Waals surface area contributed by atoms with Gasteiger partial charge in [-0.1, -0.05) is 19.4 Å². The molecule has 0 saturated carbocycles. The summed E-state index contributed by atoms with van der Waals surface area (Å²) in [6.07, 6.45) is 5.50. The summed E-state index contributed by atoms with van der Waals surface area (Å²) in [6, 6.07) is 8.58. The van der Waals surface area contributed by atoms with E-state index >= 15 is 0 Å². The van der Waals surface area contributed by atoms with Gasteiger partial charge >= 0.3 is 0 Å². The first-order chi connectivity index (χ1) is 11.8.